The van der Waals surface area contributed by atoms with Gasteiger partial charge < -0.3 is 19.2 Å². The molecule has 0 aliphatic rings. The van der Waals surface area contributed by atoms with Crippen molar-refractivity contribution in [1.82, 2.24) is 9.38 Å². The highest BCUT2D eigenvalue weighted by molar-refractivity contribution is 7.16. The summed E-state index contributed by atoms with van der Waals surface area (Å²) in [4.78, 5) is 41.7. The number of aromatic nitrogens is 2. The number of fused-ring (bicyclic) bond motifs is 1. The van der Waals surface area contributed by atoms with E-state index in [-0.39, 0.29) is 18.2 Å². The predicted molar refractivity (Wildman–Crippen MR) is 108 cm³/mol. The van der Waals surface area contributed by atoms with Crippen molar-refractivity contribution in [2.45, 2.75) is 26.7 Å². The normalized spacial score (nSPS) is 10.9. The number of nitrogens with zero attached hydrogens (tertiary/aromatic N) is 2. The molecule has 1 N–H and O–H groups in total. The monoisotopic (exact) mass is 415 g/mol. The summed E-state index contributed by atoms with van der Waals surface area (Å²) in [5, 5.41) is 3.01. The van der Waals surface area contributed by atoms with Gasteiger partial charge in [-0.05, 0) is 31.0 Å². The fourth-order valence-corrected chi connectivity index (χ4v) is 3.61. The number of carbonyl (C=O) groups excluding carboxylic acids is 3. The molecule has 0 saturated carbocycles. The van der Waals surface area contributed by atoms with Crippen molar-refractivity contribution < 1.29 is 23.9 Å². The molecule has 1 amide bonds. The van der Waals surface area contributed by atoms with Gasteiger partial charge in [0, 0.05) is 17.3 Å². The van der Waals surface area contributed by atoms with Gasteiger partial charge in [0.2, 0.25) is 0 Å². The fraction of sp³-hybridized carbons (Fsp3) is 0.300. The van der Waals surface area contributed by atoms with E-state index in [9.17, 15) is 14.4 Å². The van der Waals surface area contributed by atoms with Crippen LogP contribution in [-0.2, 0) is 14.3 Å². The van der Waals surface area contributed by atoms with Crippen LogP contribution in [0.1, 0.15) is 52.4 Å². The van der Waals surface area contributed by atoms with Crippen molar-refractivity contribution in [3.05, 3.63) is 52.8 Å². The first-order valence-corrected chi connectivity index (χ1v) is 9.92. The van der Waals surface area contributed by atoms with E-state index in [2.05, 4.69) is 10.3 Å². The van der Waals surface area contributed by atoms with E-state index >= 15 is 0 Å². The molecule has 0 fully saturated rings. The summed E-state index contributed by atoms with van der Waals surface area (Å²) in [6.07, 6.45) is 3.29. The number of anilines is 1. The second-order valence-corrected chi connectivity index (χ2v) is 7.57. The molecule has 0 unspecified atom stereocenters. The lowest BCUT2D eigenvalue weighted by molar-refractivity contribution is -0.119. The number of amides is 1. The number of imidazole rings is 1. The molecule has 0 radical (unpaired) electrons. The molecule has 3 aromatic heterocycles. The Balaban J connectivity index is 1.65. The molecule has 0 aliphatic carbocycles. The SMILES string of the molecule is CCOC(=O)c1cc(C(C)C)sc1NC(=O)COC(=O)c1cn2ccccc2n1. The van der Waals surface area contributed by atoms with Gasteiger partial charge in [-0.3, -0.25) is 4.79 Å². The predicted octanol–water partition coefficient (Wildman–Crippen LogP) is 3.49. The number of rotatable bonds is 7. The number of thiophene rings is 1. The summed E-state index contributed by atoms with van der Waals surface area (Å²) in [5.41, 5.74) is 0.998. The second-order valence-electron chi connectivity index (χ2n) is 6.48. The Morgan fingerprint density at radius 2 is 2.00 bits per heavy atom. The molecule has 29 heavy (non-hydrogen) atoms. The Morgan fingerprint density at radius 3 is 2.69 bits per heavy atom. The molecule has 0 atom stereocenters. The summed E-state index contributed by atoms with van der Waals surface area (Å²) < 4.78 is 11.8. The standard InChI is InChI=1S/C20H21N3O5S/c1-4-27-19(25)13-9-15(12(2)3)29-18(13)22-17(24)11-28-20(26)14-10-23-8-6-5-7-16(23)21-14/h5-10,12H,4,11H2,1-3H3,(H,22,24). The molecule has 152 valence electrons. The van der Waals surface area contributed by atoms with E-state index in [0.717, 1.165) is 4.88 Å². The number of ether oxygens (including phenoxy) is 2. The van der Waals surface area contributed by atoms with Crippen LogP contribution in [-0.4, -0.2) is 40.4 Å². The van der Waals surface area contributed by atoms with Gasteiger partial charge in [-0.1, -0.05) is 19.9 Å². The highest BCUT2D eigenvalue weighted by Gasteiger charge is 2.21. The fourth-order valence-electron chi connectivity index (χ4n) is 2.55. The Hall–Kier alpha value is -3.20. The largest absolute Gasteiger partial charge is 0.462 e. The maximum Gasteiger partial charge on any atom is 0.359 e. The maximum absolute atomic E-state index is 12.3. The third kappa shape index (κ3) is 4.80. The average Bonchev–Trinajstić information content (AvgIpc) is 3.30. The molecule has 9 heteroatoms. The topological polar surface area (TPSA) is 99.0 Å². The van der Waals surface area contributed by atoms with Crippen LogP contribution in [0.15, 0.2) is 36.7 Å². The second kappa shape index (κ2) is 8.87. The molecule has 0 bridgehead atoms. The highest BCUT2D eigenvalue weighted by Crippen LogP contribution is 2.33. The Bertz CT molecular complexity index is 1020. The lowest BCUT2D eigenvalue weighted by Crippen LogP contribution is -2.21. The van der Waals surface area contributed by atoms with Gasteiger partial charge in [-0.2, -0.15) is 0 Å². The maximum atomic E-state index is 12.3. The Labute approximate surface area is 171 Å². The first kappa shape index (κ1) is 20.5. The van der Waals surface area contributed by atoms with Crippen molar-refractivity contribution in [3.63, 3.8) is 0 Å². The van der Waals surface area contributed by atoms with Crippen LogP contribution in [0.25, 0.3) is 5.65 Å². The third-order valence-corrected chi connectivity index (χ3v) is 5.33. The molecule has 0 spiro atoms. The van der Waals surface area contributed by atoms with E-state index in [0.29, 0.717) is 16.2 Å². The summed E-state index contributed by atoms with van der Waals surface area (Å²) in [7, 11) is 0. The minimum atomic E-state index is -0.705. The minimum Gasteiger partial charge on any atom is -0.462 e. The average molecular weight is 415 g/mol. The molecule has 3 aromatic rings. The van der Waals surface area contributed by atoms with Gasteiger partial charge >= 0.3 is 11.9 Å². The van der Waals surface area contributed by atoms with Crippen molar-refractivity contribution in [3.8, 4) is 0 Å². The minimum absolute atomic E-state index is 0.106. The van der Waals surface area contributed by atoms with Crippen molar-refractivity contribution in [2.75, 3.05) is 18.5 Å². The van der Waals surface area contributed by atoms with Crippen molar-refractivity contribution in [2.24, 2.45) is 0 Å². The zero-order chi connectivity index (χ0) is 21.0. The molecule has 3 heterocycles. The quantitative estimate of drug-likeness (QED) is 0.593. The Morgan fingerprint density at radius 1 is 1.21 bits per heavy atom. The number of carbonyl (C=O) groups is 3. The van der Waals surface area contributed by atoms with E-state index in [4.69, 9.17) is 9.47 Å². The van der Waals surface area contributed by atoms with E-state index < -0.39 is 24.5 Å². The van der Waals surface area contributed by atoms with E-state index in [1.54, 1.807) is 35.7 Å². The van der Waals surface area contributed by atoms with Crippen LogP contribution in [0.5, 0.6) is 0 Å². The van der Waals surface area contributed by atoms with Crippen LogP contribution in [0, 0.1) is 0 Å². The van der Waals surface area contributed by atoms with Gasteiger partial charge in [0.25, 0.3) is 5.91 Å². The van der Waals surface area contributed by atoms with E-state index in [1.165, 1.54) is 17.5 Å². The van der Waals surface area contributed by atoms with Crippen LogP contribution in [0.2, 0.25) is 0 Å². The van der Waals surface area contributed by atoms with Gasteiger partial charge in [-0.15, -0.1) is 11.3 Å². The van der Waals surface area contributed by atoms with Crippen LogP contribution >= 0.6 is 11.3 Å². The number of nitrogens with one attached hydrogen (secondary N) is 1. The van der Waals surface area contributed by atoms with E-state index in [1.807, 2.05) is 19.9 Å². The molecule has 0 saturated heterocycles. The molecule has 0 aromatic carbocycles. The van der Waals surface area contributed by atoms with Crippen LogP contribution in [0.3, 0.4) is 0 Å². The summed E-state index contributed by atoms with van der Waals surface area (Å²) in [6, 6.07) is 7.08. The number of pyridine rings is 1. The summed E-state index contributed by atoms with van der Waals surface area (Å²) >= 11 is 1.29. The zero-order valence-corrected chi connectivity index (χ0v) is 17.1. The lowest BCUT2D eigenvalue weighted by Gasteiger charge is -2.06. The highest BCUT2D eigenvalue weighted by atomic mass is 32.1. The van der Waals surface area contributed by atoms with Gasteiger partial charge in [0.05, 0.1) is 12.2 Å². The zero-order valence-electron chi connectivity index (χ0n) is 16.3. The smallest absolute Gasteiger partial charge is 0.359 e. The molecular weight excluding hydrogens is 394 g/mol. The van der Waals surface area contributed by atoms with Gasteiger partial charge in [-0.25, -0.2) is 14.6 Å². The number of hydrogen-bond acceptors (Lipinski definition) is 7. The first-order chi connectivity index (χ1) is 13.9. The van der Waals surface area contributed by atoms with Gasteiger partial charge in [0.15, 0.2) is 12.3 Å². The molecule has 3 rings (SSSR count). The summed E-state index contributed by atoms with van der Waals surface area (Å²) in [6.45, 7) is 5.43. The molecule has 8 nitrogen and oxygen atoms in total. The summed E-state index contributed by atoms with van der Waals surface area (Å²) in [5.74, 6) is -1.58. The first-order valence-electron chi connectivity index (χ1n) is 9.10. The molecular formula is C20H21N3O5S. The van der Waals surface area contributed by atoms with Crippen LogP contribution in [0.4, 0.5) is 5.00 Å². The van der Waals surface area contributed by atoms with Crippen LogP contribution < -0.4 is 5.32 Å². The van der Waals surface area contributed by atoms with Gasteiger partial charge in [0.1, 0.15) is 10.6 Å². The number of esters is 2. The molecule has 0 aliphatic heterocycles. The number of hydrogen-bond donors (Lipinski definition) is 1. The third-order valence-electron chi connectivity index (χ3n) is 3.98. The van der Waals surface area contributed by atoms with Crippen molar-refractivity contribution >= 4 is 39.8 Å². The lowest BCUT2D eigenvalue weighted by atomic mass is 10.1. The Kier molecular flexibility index (Phi) is 6.28. The van der Waals surface area contributed by atoms with Crippen molar-refractivity contribution in [1.29, 1.82) is 0 Å².